The van der Waals surface area contributed by atoms with E-state index >= 15 is 0 Å². The van der Waals surface area contributed by atoms with Crippen molar-refractivity contribution in [3.05, 3.63) is 54.6 Å². The van der Waals surface area contributed by atoms with Crippen LogP contribution < -0.4 is 4.43 Å². The molecule has 2 rings (SSSR count). The summed E-state index contributed by atoms with van der Waals surface area (Å²) in [5, 5.41) is 0. The van der Waals surface area contributed by atoms with Gasteiger partial charge in [0.15, 0.2) is 0 Å². The summed E-state index contributed by atoms with van der Waals surface area (Å²) in [7, 11) is -2.11. The van der Waals surface area contributed by atoms with Crippen molar-refractivity contribution in [2.75, 3.05) is 6.61 Å². The smallest absolute Gasteiger partial charge is 0.392 e. The van der Waals surface area contributed by atoms with E-state index in [1.165, 1.54) is 5.56 Å². The van der Waals surface area contributed by atoms with Crippen LogP contribution in [0, 0.1) is 0 Å². The van der Waals surface area contributed by atoms with Gasteiger partial charge in [-0.1, -0.05) is 48.5 Å². The number of benzene rings is 2. The van der Waals surface area contributed by atoms with Gasteiger partial charge in [-0.3, -0.25) is 0 Å². The van der Waals surface area contributed by atoms with Crippen LogP contribution in [0.15, 0.2) is 54.6 Å². The molecule has 0 aliphatic carbocycles. The lowest BCUT2D eigenvalue weighted by Crippen LogP contribution is -2.38. The minimum Gasteiger partial charge on any atom is -0.520 e. The first-order chi connectivity index (χ1) is 9.12. The molecule has 2 nitrogen and oxygen atoms in total. The maximum Gasteiger partial charge on any atom is 0.392 e. The van der Waals surface area contributed by atoms with Crippen LogP contribution in [0.25, 0.3) is 11.1 Å². The molecule has 0 atom stereocenters. The lowest BCUT2D eigenvalue weighted by Gasteiger charge is -2.24. The van der Waals surface area contributed by atoms with E-state index in [1.807, 2.05) is 43.3 Å². The summed E-state index contributed by atoms with van der Waals surface area (Å²) >= 11 is 0. The zero-order chi connectivity index (χ0) is 13.7. The van der Waals surface area contributed by atoms with Crippen molar-refractivity contribution < 1.29 is 8.85 Å². The van der Waals surface area contributed by atoms with Crippen LogP contribution in [-0.4, -0.2) is 15.2 Å². The Balaban J connectivity index is 2.32. The van der Waals surface area contributed by atoms with Crippen molar-refractivity contribution in [3.8, 4) is 16.9 Å². The second kappa shape index (κ2) is 6.04. The average Bonchev–Trinajstić information content (AvgIpc) is 2.40. The zero-order valence-electron chi connectivity index (χ0n) is 11.7. The highest BCUT2D eigenvalue weighted by molar-refractivity contribution is 6.65. The lowest BCUT2D eigenvalue weighted by molar-refractivity contribution is 0.264. The fourth-order valence-electron chi connectivity index (χ4n) is 2.05. The molecule has 0 fully saturated rings. The third-order valence-electron chi connectivity index (χ3n) is 2.82. The van der Waals surface area contributed by atoms with Gasteiger partial charge in [0.2, 0.25) is 0 Å². The fraction of sp³-hybridized carbons (Fsp3) is 0.250. The molecule has 3 heteroatoms. The monoisotopic (exact) mass is 272 g/mol. The van der Waals surface area contributed by atoms with Crippen molar-refractivity contribution in [3.63, 3.8) is 0 Å². The van der Waals surface area contributed by atoms with Gasteiger partial charge >= 0.3 is 8.56 Å². The Kier molecular flexibility index (Phi) is 4.40. The van der Waals surface area contributed by atoms with Gasteiger partial charge in [0.25, 0.3) is 0 Å². The van der Waals surface area contributed by atoms with Gasteiger partial charge in [-0.2, -0.15) is 0 Å². The largest absolute Gasteiger partial charge is 0.520 e. The molecule has 0 aromatic heterocycles. The standard InChI is InChI=1S/C16H20O2Si/c1-4-17-19(2,3)18-16-13-9-8-12-15(16)14-10-6-5-7-11-14/h5-13H,4H2,1-3H3. The number of hydrogen-bond donors (Lipinski definition) is 0. The van der Waals surface area contributed by atoms with Gasteiger partial charge in [-0.25, -0.2) is 0 Å². The topological polar surface area (TPSA) is 18.5 Å². The second-order valence-corrected chi connectivity index (χ2v) is 8.09. The van der Waals surface area contributed by atoms with Crippen LogP contribution in [-0.2, 0) is 4.43 Å². The van der Waals surface area contributed by atoms with Crippen molar-refractivity contribution >= 4 is 8.56 Å². The van der Waals surface area contributed by atoms with Crippen LogP contribution in [0.4, 0.5) is 0 Å². The summed E-state index contributed by atoms with van der Waals surface area (Å²) in [5.41, 5.74) is 2.28. The van der Waals surface area contributed by atoms with Gasteiger partial charge < -0.3 is 8.85 Å². The van der Waals surface area contributed by atoms with Crippen LogP contribution in [0.1, 0.15) is 6.92 Å². The minimum atomic E-state index is -2.11. The van der Waals surface area contributed by atoms with E-state index in [1.54, 1.807) is 0 Å². The SMILES string of the molecule is CCO[Si](C)(C)Oc1ccccc1-c1ccccc1. The molecule has 0 unspecified atom stereocenters. The average molecular weight is 272 g/mol. The fourth-order valence-corrected chi connectivity index (χ4v) is 3.52. The molecule has 0 spiro atoms. The molecule has 0 saturated carbocycles. The molecule has 2 aromatic rings. The van der Waals surface area contributed by atoms with Crippen LogP contribution in [0.3, 0.4) is 0 Å². The Morgan fingerprint density at radius 2 is 1.53 bits per heavy atom. The van der Waals surface area contributed by atoms with Crippen LogP contribution >= 0.6 is 0 Å². The Hall–Kier alpha value is -1.58. The Morgan fingerprint density at radius 1 is 0.895 bits per heavy atom. The first kappa shape index (κ1) is 13.8. The molecule has 0 heterocycles. The zero-order valence-corrected chi connectivity index (χ0v) is 12.7. The van der Waals surface area contributed by atoms with Gasteiger partial charge in [0.05, 0.1) is 0 Å². The summed E-state index contributed by atoms with van der Waals surface area (Å²) in [6.45, 7) is 6.82. The molecule has 100 valence electrons. The van der Waals surface area contributed by atoms with Crippen molar-refractivity contribution in [1.29, 1.82) is 0 Å². The van der Waals surface area contributed by atoms with E-state index in [9.17, 15) is 0 Å². The summed E-state index contributed by atoms with van der Waals surface area (Å²) in [6, 6.07) is 18.4. The first-order valence-corrected chi connectivity index (χ1v) is 9.41. The Morgan fingerprint density at radius 3 is 2.21 bits per heavy atom. The maximum absolute atomic E-state index is 6.14. The molecule has 0 bridgehead atoms. The molecule has 0 N–H and O–H groups in total. The lowest BCUT2D eigenvalue weighted by atomic mass is 10.1. The summed E-state index contributed by atoms with van der Waals surface area (Å²) in [5.74, 6) is 0.902. The molecule has 0 amide bonds. The van der Waals surface area contributed by atoms with Gasteiger partial charge in [-0.05, 0) is 31.6 Å². The molecule has 19 heavy (non-hydrogen) atoms. The highest BCUT2D eigenvalue weighted by Crippen LogP contribution is 2.31. The van der Waals surface area contributed by atoms with Gasteiger partial charge in [0, 0.05) is 12.2 Å². The normalized spacial score (nSPS) is 11.3. The van der Waals surface area contributed by atoms with E-state index in [4.69, 9.17) is 8.85 Å². The molecule has 0 aliphatic heterocycles. The summed E-state index contributed by atoms with van der Waals surface area (Å²) in [6.07, 6.45) is 0. The van der Waals surface area contributed by atoms with E-state index < -0.39 is 8.56 Å². The number of hydrogen-bond acceptors (Lipinski definition) is 2. The molecule has 0 aliphatic rings. The van der Waals surface area contributed by atoms with Gasteiger partial charge in [0.1, 0.15) is 5.75 Å². The molecule has 2 aromatic carbocycles. The van der Waals surface area contributed by atoms with Crippen LogP contribution in [0.5, 0.6) is 5.75 Å². The molecule has 0 radical (unpaired) electrons. The highest BCUT2D eigenvalue weighted by atomic mass is 28.4. The molecular formula is C16H20O2Si. The van der Waals surface area contributed by atoms with Crippen LogP contribution in [0.2, 0.25) is 13.1 Å². The maximum atomic E-state index is 6.14. The Labute approximate surface area is 116 Å². The summed E-state index contributed by atoms with van der Waals surface area (Å²) < 4.78 is 11.9. The third kappa shape index (κ3) is 3.69. The molecular weight excluding hydrogens is 252 g/mol. The van der Waals surface area contributed by atoms with E-state index in [-0.39, 0.29) is 0 Å². The van der Waals surface area contributed by atoms with Gasteiger partial charge in [-0.15, -0.1) is 0 Å². The van der Waals surface area contributed by atoms with E-state index in [2.05, 4.69) is 31.3 Å². The highest BCUT2D eigenvalue weighted by Gasteiger charge is 2.27. The van der Waals surface area contributed by atoms with E-state index in [0.29, 0.717) is 6.61 Å². The quantitative estimate of drug-likeness (QED) is 0.748. The predicted octanol–water partition coefficient (Wildman–Crippen LogP) is 4.47. The minimum absolute atomic E-state index is 0.687. The Bertz CT molecular complexity index is 523. The van der Waals surface area contributed by atoms with E-state index in [0.717, 1.165) is 11.3 Å². The second-order valence-electron chi connectivity index (χ2n) is 4.80. The van der Waals surface area contributed by atoms with Crippen molar-refractivity contribution in [2.45, 2.75) is 20.0 Å². The number of rotatable bonds is 5. The van der Waals surface area contributed by atoms with Crippen molar-refractivity contribution in [2.24, 2.45) is 0 Å². The summed E-state index contributed by atoms with van der Waals surface area (Å²) in [4.78, 5) is 0. The number of para-hydroxylation sites is 1. The predicted molar refractivity (Wildman–Crippen MR) is 81.6 cm³/mol. The first-order valence-electron chi connectivity index (χ1n) is 6.60. The van der Waals surface area contributed by atoms with Crippen molar-refractivity contribution in [1.82, 2.24) is 0 Å². The third-order valence-corrected chi connectivity index (χ3v) is 4.51. The molecule has 0 saturated heterocycles.